The van der Waals surface area contributed by atoms with E-state index in [1.54, 1.807) is 12.0 Å². The molecule has 158 valence electrons. The Morgan fingerprint density at radius 2 is 1.90 bits per heavy atom. The molecule has 2 aromatic carbocycles. The van der Waals surface area contributed by atoms with Gasteiger partial charge in [0.05, 0.1) is 24.3 Å². The van der Waals surface area contributed by atoms with Gasteiger partial charge in [-0.15, -0.1) is 0 Å². The molecule has 1 saturated heterocycles. The molecule has 1 atom stereocenters. The first kappa shape index (κ1) is 22.0. The zero-order chi connectivity index (χ0) is 21.7. The Bertz CT molecular complexity index is 967. The molecule has 0 unspecified atom stereocenters. The van der Waals surface area contributed by atoms with Gasteiger partial charge >= 0.3 is 0 Å². The smallest absolute Gasteiger partial charge is 0.267 e. The maximum Gasteiger partial charge on any atom is 0.267 e. The Balaban J connectivity index is 2.03. The molecule has 0 radical (unpaired) electrons. The lowest BCUT2D eigenvalue weighted by molar-refractivity contribution is -0.123. The van der Waals surface area contributed by atoms with Crippen LogP contribution in [-0.2, 0) is 4.79 Å². The number of nitrogens with zero attached hydrogens (tertiary/aromatic N) is 2. The van der Waals surface area contributed by atoms with Gasteiger partial charge < -0.3 is 9.47 Å². The van der Waals surface area contributed by atoms with Gasteiger partial charge in [-0.2, -0.15) is 0 Å². The highest BCUT2D eigenvalue weighted by Gasteiger charge is 2.36. The molecule has 1 aliphatic rings. The molecule has 0 bridgehead atoms. The molecule has 0 aromatic heterocycles. The van der Waals surface area contributed by atoms with Gasteiger partial charge in [-0.1, -0.05) is 36.8 Å². The summed E-state index contributed by atoms with van der Waals surface area (Å²) in [7, 11) is 1.61. The van der Waals surface area contributed by atoms with E-state index in [0.717, 1.165) is 17.7 Å². The molecule has 0 aliphatic carbocycles. The summed E-state index contributed by atoms with van der Waals surface area (Å²) in [6, 6.07) is 13.7. The predicted molar refractivity (Wildman–Crippen MR) is 125 cm³/mol. The number of para-hydroxylation sites is 1. The second-order valence-corrected chi connectivity index (χ2v) is 8.09. The van der Waals surface area contributed by atoms with Crippen molar-refractivity contribution in [1.82, 2.24) is 4.90 Å². The molecular formula is C24H28N2O3S. The van der Waals surface area contributed by atoms with Crippen LogP contribution in [0.15, 0.2) is 52.4 Å². The van der Waals surface area contributed by atoms with Crippen molar-refractivity contribution in [3.05, 3.63) is 58.5 Å². The number of hydrogen-bond donors (Lipinski definition) is 0. The van der Waals surface area contributed by atoms with E-state index in [1.807, 2.05) is 69.3 Å². The molecule has 1 amide bonds. The highest BCUT2D eigenvalue weighted by molar-refractivity contribution is 8.18. The van der Waals surface area contributed by atoms with Crippen molar-refractivity contribution in [2.24, 2.45) is 4.99 Å². The second kappa shape index (κ2) is 9.85. The summed E-state index contributed by atoms with van der Waals surface area (Å²) in [4.78, 5) is 20.5. The van der Waals surface area contributed by atoms with Crippen LogP contribution in [0.1, 0.15) is 38.3 Å². The largest absolute Gasteiger partial charge is 0.493 e. The van der Waals surface area contributed by atoms with Gasteiger partial charge in [0.1, 0.15) is 0 Å². The highest BCUT2D eigenvalue weighted by Crippen LogP contribution is 2.39. The van der Waals surface area contributed by atoms with Crippen molar-refractivity contribution in [2.45, 2.75) is 40.2 Å². The number of benzene rings is 2. The molecular weight excluding hydrogens is 396 g/mol. The van der Waals surface area contributed by atoms with Crippen molar-refractivity contribution in [1.29, 1.82) is 0 Å². The van der Waals surface area contributed by atoms with Crippen molar-refractivity contribution in [2.75, 3.05) is 13.7 Å². The molecule has 0 saturated carbocycles. The second-order valence-electron chi connectivity index (χ2n) is 7.08. The SMILES string of the molecule is CCOc1c(/C=C2/SC(=Nc3ccc(C)cc3)N([C@@H](C)CC)C2=O)cccc1OC. The fourth-order valence-electron chi connectivity index (χ4n) is 3.11. The van der Waals surface area contributed by atoms with E-state index in [1.165, 1.54) is 17.3 Å². The number of thioether (sulfide) groups is 1. The van der Waals surface area contributed by atoms with Gasteiger partial charge in [0, 0.05) is 11.6 Å². The van der Waals surface area contributed by atoms with E-state index in [2.05, 4.69) is 6.92 Å². The summed E-state index contributed by atoms with van der Waals surface area (Å²) in [5.74, 6) is 1.25. The fraction of sp³-hybridized carbons (Fsp3) is 0.333. The van der Waals surface area contributed by atoms with Crippen molar-refractivity contribution in [3.8, 4) is 11.5 Å². The van der Waals surface area contributed by atoms with Crippen molar-refractivity contribution in [3.63, 3.8) is 0 Å². The van der Waals surface area contributed by atoms with Crippen molar-refractivity contribution < 1.29 is 14.3 Å². The minimum atomic E-state index is -0.0366. The number of amides is 1. The standard InChI is InChI=1S/C24H28N2O3S/c1-6-17(4)26-23(27)21(30-24(26)25-19-13-11-16(3)12-14-19)15-18-9-8-10-20(28-5)22(18)29-7-2/h8-15,17H,6-7H2,1-5H3/b21-15+,25-24?/t17-/m0/s1. The highest BCUT2D eigenvalue weighted by atomic mass is 32.2. The lowest BCUT2D eigenvalue weighted by Gasteiger charge is -2.22. The number of methoxy groups -OCH3 is 1. The molecule has 1 aliphatic heterocycles. The molecule has 3 rings (SSSR count). The zero-order valence-corrected chi connectivity index (χ0v) is 19.0. The minimum Gasteiger partial charge on any atom is -0.493 e. The molecule has 2 aromatic rings. The Morgan fingerprint density at radius 1 is 1.17 bits per heavy atom. The first-order valence-electron chi connectivity index (χ1n) is 10.2. The van der Waals surface area contributed by atoms with Crippen LogP contribution in [0.2, 0.25) is 0 Å². The number of rotatable bonds is 7. The van der Waals surface area contributed by atoms with Crippen LogP contribution in [0.3, 0.4) is 0 Å². The number of carbonyl (C=O) groups excluding carboxylic acids is 1. The Labute approximate surface area is 182 Å². The molecule has 0 N–H and O–H groups in total. The van der Waals surface area contributed by atoms with Crippen LogP contribution in [0, 0.1) is 6.92 Å². The predicted octanol–water partition coefficient (Wildman–Crippen LogP) is 5.80. The molecule has 0 spiro atoms. The number of aliphatic imine (C=N–C) groups is 1. The van der Waals surface area contributed by atoms with Gasteiger partial charge in [0.2, 0.25) is 0 Å². The van der Waals surface area contributed by atoms with E-state index in [4.69, 9.17) is 14.5 Å². The normalized spacial score (nSPS) is 17.6. The van der Waals surface area contributed by atoms with Gasteiger partial charge in [-0.25, -0.2) is 4.99 Å². The summed E-state index contributed by atoms with van der Waals surface area (Å²) < 4.78 is 11.2. The molecule has 30 heavy (non-hydrogen) atoms. The molecule has 1 heterocycles. The Kier molecular flexibility index (Phi) is 7.21. The van der Waals surface area contributed by atoms with Crippen molar-refractivity contribution >= 4 is 34.6 Å². The van der Waals surface area contributed by atoms with E-state index in [9.17, 15) is 4.79 Å². The van der Waals surface area contributed by atoms with E-state index in [-0.39, 0.29) is 11.9 Å². The Morgan fingerprint density at radius 3 is 2.53 bits per heavy atom. The zero-order valence-electron chi connectivity index (χ0n) is 18.1. The van der Waals surface area contributed by atoms with Gasteiger partial charge in [-0.05, 0) is 63.2 Å². The molecule has 5 nitrogen and oxygen atoms in total. The number of carbonyl (C=O) groups is 1. The lowest BCUT2D eigenvalue weighted by atomic mass is 10.1. The quantitative estimate of drug-likeness (QED) is 0.527. The van der Waals surface area contributed by atoms with Gasteiger partial charge in [-0.3, -0.25) is 9.69 Å². The minimum absolute atomic E-state index is 0.0366. The third-order valence-electron chi connectivity index (χ3n) is 4.93. The number of amidine groups is 1. The maximum absolute atomic E-state index is 13.3. The monoisotopic (exact) mass is 424 g/mol. The van der Waals surface area contributed by atoms with Crippen LogP contribution < -0.4 is 9.47 Å². The van der Waals surface area contributed by atoms with Gasteiger partial charge in [0.25, 0.3) is 5.91 Å². The third kappa shape index (κ3) is 4.70. The number of hydrogen-bond acceptors (Lipinski definition) is 5. The molecule has 6 heteroatoms. The van der Waals surface area contributed by atoms with E-state index < -0.39 is 0 Å². The van der Waals surface area contributed by atoms with Crippen LogP contribution in [-0.4, -0.2) is 35.7 Å². The van der Waals surface area contributed by atoms with Crippen LogP contribution in [0.25, 0.3) is 6.08 Å². The maximum atomic E-state index is 13.3. The third-order valence-corrected chi connectivity index (χ3v) is 5.91. The van der Waals surface area contributed by atoms with Crippen LogP contribution in [0.5, 0.6) is 11.5 Å². The summed E-state index contributed by atoms with van der Waals surface area (Å²) in [6.45, 7) is 8.60. The molecule has 1 fully saturated rings. The summed E-state index contributed by atoms with van der Waals surface area (Å²) in [5.41, 5.74) is 2.82. The average molecular weight is 425 g/mol. The number of aryl methyl sites for hydroxylation is 1. The average Bonchev–Trinajstić information content (AvgIpc) is 3.05. The van der Waals surface area contributed by atoms with Gasteiger partial charge in [0.15, 0.2) is 16.7 Å². The van der Waals surface area contributed by atoms with Crippen LogP contribution in [0.4, 0.5) is 5.69 Å². The van der Waals surface area contributed by atoms with E-state index >= 15 is 0 Å². The summed E-state index contributed by atoms with van der Waals surface area (Å²) in [6.07, 6.45) is 2.71. The topological polar surface area (TPSA) is 51.1 Å². The van der Waals surface area contributed by atoms with Crippen LogP contribution >= 0.6 is 11.8 Å². The Hall–Kier alpha value is -2.73. The van der Waals surface area contributed by atoms with E-state index in [0.29, 0.717) is 28.2 Å². The first-order valence-corrected chi connectivity index (χ1v) is 11.0. The lowest BCUT2D eigenvalue weighted by Crippen LogP contribution is -2.36. The fourth-order valence-corrected chi connectivity index (χ4v) is 4.19. The summed E-state index contributed by atoms with van der Waals surface area (Å²) in [5, 5.41) is 0.699. The summed E-state index contributed by atoms with van der Waals surface area (Å²) >= 11 is 1.40. The number of ether oxygens (including phenoxy) is 2. The first-order chi connectivity index (χ1) is 14.5.